The number of aliphatic hydroxyl groups is 1. The summed E-state index contributed by atoms with van der Waals surface area (Å²) in [4.78, 5) is 24.7. The molecule has 2 aromatic heterocycles. The van der Waals surface area contributed by atoms with E-state index in [2.05, 4.69) is 21.9 Å². The van der Waals surface area contributed by atoms with Gasteiger partial charge in [-0.05, 0) is 0 Å². The summed E-state index contributed by atoms with van der Waals surface area (Å²) < 4.78 is 2.51. The predicted octanol–water partition coefficient (Wildman–Crippen LogP) is 1.35. The van der Waals surface area contributed by atoms with Gasteiger partial charge in [-0.3, -0.25) is 0 Å². The van der Waals surface area contributed by atoms with Gasteiger partial charge in [0.2, 0.25) is 0 Å². The van der Waals surface area contributed by atoms with Gasteiger partial charge in [0, 0.05) is 0 Å². The molecule has 3 atom stereocenters. The Hall–Kier alpha value is -1.91. The number of H-pyrrole nitrogens is 1. The monoisotopic (exact) mass is 430 g/mol. The summed E-state index contributed by atoms with van der Waals surface area (Å²) in [5.41, 5.74) is 1.04. The second kappa shape index (κ2) is 9.34. The molecule has 0 aliphatic heterocycles. The Kier molecular flexibility index (Phi) is 6.86. The van der Waals surface area contributed by atoms with Gasteiger partial charge in [0.05, 0.1) is 0 Å². The van der Waals surface area contributed by atoms with Crippen LogP contribution in [0.15, 0.2) is 41.2 Å². The van der Waals surface area contributed by atoms with Crippen molar-refractivity contribution in [2.24, 2.45) is 5.92 Å². The largest absolute Gasteiger partial charge is 0.0623 e. The van der Waals surface area contributed by atoms with Gasteiger partial charge in [0.15, 0.2) is 0 Å². The van der Waals surface area contributed by atoms with Crippen molar-refractivity contribution in [1.29, 1.82) is 0 Å². The number of hydrogen-bond acceptors (Lipinski definition) is 4. The molecule has 1 aliphatic rings. The van der Waals surface area contributed by atoms with Crippen LogP contribution >= 0.6 is 0 Å². The number of benzene rings is 1. The van der Waals surface area contributed by atoms with Gasteiger partial charge in [0.25, 0.3) is 0 Å². The van der Waals surface area contributed by atoms with Crippen LogP contribution in [0.5, 0.6) is 0 Å². The minimum absolute atomic E-state index is 0.0170. The number of aliphatic hydroxyl groups excluding tert-OH is 1. The summed E-state index contributed by atoms with van der Waals surface area (Å²) >= 11 is 1.35. The van der Waals surface area contributed by atoms with E-state index < -0.39 is 0 Å². The van der Waals surface area contributed by atoms with Gasteiger partial charge in [-0.25, -0.2) is 0 Å². The molecule has 144 valence electrons. The molecule has 27 heavy (non-hydrogen) atoms. The minimum Gasteiger partial charge on any atom is -0.0623 e. The Morgan fingerprint density at radius 3 is 2.41 bits per heavy atom. The first kappa shape index (κ1) is 19.8. The zero-order valence-electron chi connectivity index (χ0n) is 15.6. The number of fused-ring (bicyclic) bond motifs is 1. The van der Waals surface area contributed by atoms with E-state index in [0.29, 0.717) is 29.5 Å². The van der Waals surface area contributed by atoms with Gasteiger partial charge in [0.1, 0.15) is 0 Å². The zero-order valence-corrected chi connectivity index (χ0v) is 18.1. The van der Waals surface area contributed by atoms with Crippen LogP contribution in [0.3, 0.4) is 0 Å². The van der Waals surface area contributed by atoms with Gasteiger partial charge in [-0.2, -0.15) is 0 Å². The van der Waals surface area contributed by atoms with E-state index in [-0.39, 0.29) is 12.2 Å². The maximum Gasteiger partial charge on any atom is -0.0623 e. The fraction of sp³-hybridized carbons (Fsp3) is 0.450. The van der Waals surface area contributed by atoms with Gasteiger partial charge in [-0.1, -0.05) is 36.4 Å². The molecule has 4 rings (SSSR count). The van der Waals surface area contributed by atoms with Crippen LogP contribution in [0.1, 0.15) is 44.3 Å². The van der Waals surface area contributed by atoms with Crippen LogP contribution in [0.25, 0.3) is 11.2 Å². The van der Waals surface area contributed by atoms with Crippen molar-refractivity contribution >= 4 is 32.6 Å². The Bertz CT molecular complexity index is 896. The minimum atomic E-state index is -0.0170. The van der Waals surface area contributed by atoms with Crippen LogP contribution in [0.4, 0.5) is 0 Å². The molecular weight excluding hydrogens is 403 g/mol. The van der Waals surface area contributed by atoms with E-state index in [1.807, 2.05) is 36.4 Å². The van der Waals surface area contributed by atoms with Gasteiger partial charge >= 0.3 is 131 Å². The SMILES string of the molecule is CCCn1c([AsH2])nc2nc(C3CCC(CO)C3)[nH]c2c1=O.c1ccccc1. The number of aromatic nitrogens is 4. The number of nitrogens with one attached hydrogen (secondary N) is 1. The average molecular weight is 430 g/mol. The topological polar surface area (TPSA) is 83.8 Å². The molecule has 0 spiro atoms. The Balaban J connectivity index is 0.000000299. The molecule has 0 saturated heterocycles. The summed E-state index contributed by atoms with van der Waals surface area (Å²) in [6.45, 7) is 2.98. The molecule has 3 aromatic rings. The Morgan fingerprint density at radius 1 is 1.19 bits per heavy atom. The molecule has 0 amide bonds. The summed E-state index contributed by atoms with van der Waals surface area (Å²) in [5.74, 6) is 1.52. The van der Waals surface area contributed by atoms with Crippen LogP contribution < -0.4 is 10.2 Å². The molecule has 1 aliphatic carbocycles. The summed E-state index contributed by atoms with van der Waals surface area (Å²) in [6, 6.07) is 12.0. The van der Waals surface area contributed by atoms with Crippen molar-refractivity contribution in [1.82, 2.24) is 19.5 Å². The van der Waals surface area contributed by atoms with Crippen molar-refractivity contribution in [3.05, 3.63) is 52.6 Å². The number of aromatic amines is 1. The van der Waals surface area contributed by atoms with Crippen molar-refractivity contribution in [3.8, 4) is 0 Å². The molecule has 0 radical (unpaired) electrons. The average Bonchev–Trinajstić information content (AvgIpc) is 3.34. The van der Waals surface area contributed by atoms with Crippen LogP contribution in [-0.2, 0) is 6.54 Å². The molecule has 1 saturated carbocycles. The number of rotatable bonds is 4. The maximum absolute atomic E-state index is 12.5. The predicted molar refractivity (Wildman–Crippen MR) is 110 cm³/mol. The van der Waals surface area contributed by atoms with E-state index in [1.165, 1.54) is 16.9 Å². The molecule has 3 unspecified atom stereocenters. The smallest absolute Gasteiger partial charge is 0.0623 e. The van der Waals surface area contributed by atoms with Crippen molar-refractivity contribution in [2.75, 3.05) is 6.61 Å². The Morgan fingerprint density at radius 2 is 1.85 bits per heavy atom. The third-order valence-corrected chi connectivity index (χ3v) is 5.88. The summed E-state index contributed by atoms with van der Waals surface area (Å²) in [7, 11) is 0. The van der Waals surface area contributed by atoms with Crippen LogP contribution in [0, 0.1) is 5.92 Å². The Labute approximate surface area is 167 Å². The quantitative estimate of drug-likeness (QED) is 0.613. The van der Waals surface area contributed by atoms with E-state index in [1.54, 1.807) is 4.57 Å². The van der Waals surface area contributed by atoms with E-state index in [9.17, 15) is 9.90 Å². The standard InChI is InChI=1S/C14H21AsN4O2.C6H6/c1-2-5-19-13(21)10-12(18-14(19)15)17-11(16-10)9-4-3-8(6-9)7-20;1-2-4-6-5-3-1/h8-9,20H,2-7,15H2,1H3,(H,16,17);1-6H. The molecule has 2 N–H and O–H groups in total. The third kappa shape index (κ3) is 4.68. The first-order valence-corrected chi connectivity index (χ1v) is 10.7. The molecule has 2 heterocycles. The third-order valence-electron chi connectivity index (χ3n) is 4.96. The van der Waals surface area contributed by atoms with Crippen molar-refractivity contribution < 1.29 is 5.11 Å². The first-order valence-electron chi connectivity index (χ1n) is 9.50. The molecule has 0 bridgehead atoms. The van der Waals surface area contributed by atoms with E-state index in [4.69, 9.17) is 0 Å². The number of nitrogens with zero attached hydrogens (tertiary/aromatic N) is 3. The van der Waals surface area contributed by atoms with Crippen molar-refractivity contribution in [2.45, 2.75) is 45.1 Å². The second-order valence-electron chi connectivity index (χ2n) is 6.96. The molecule has 1 fully saturated rings. The summed E-state index contributed by atoms with van der Waals surface area (Å²) in [6.07, 6.45) is 3.87. The van der Waals surface area contributed by atoms with Gasteiger partial charge < -0.3 is 0 Å². The second-order valence-corrected chi connectivity index (χ2v) is 8.04. The fourth-order valence-corrected chi connectivity index (χ4v) is 4.30. The summed E-state index contributed by atoms with van der Waals surface area (Å²) in [5, 5.41) is 9.25. The maximum atomic E-state index is 12.5. The number of hydrogen-bond donors (Lipinski definition) is 2. The van der Waals surface area contributed by atoms with Crippen LogP contribution in [-0.4, -0.2) is 48.1 Å². The van der Waals surface area contributed by atoms with E-state index in [0.717, 1.165) is 36.1 Å². The zero-order chi connectivity index (χ0) is 19.2. The van der Waals surface area contributed by atoms with Crippen molar-refractivity contribution in [3.63, 3.8) is 0 Å². The molecule has 6 nitrogen and oxygen atoms in total. The normalized spacial score (nSPS) is 19.1. The molecule has 1 aromatic carbocycles. The van der Waals surface area contributed by atoms with E-state index >= 15 is 0 Å². The van der Waals surface area contributed by atoms with Crippen LogP contribution in [0.2, 0.25) is 0 Å². The molecular formula is C20H27AsN4O2. The fourth-order valence-electron chi connectivity index (χ4n) is 3.53. The molecule has 7 heteroatoms. The number of imidazole rings is 1. The van der Waals surface area contributed by atoms with Gasteiger partial charge in [-0.15, -0.1) is 0 Å². The first-order chi connectivity index (χ1) is 13.1.